The summed E-state index contributed by atoms with van der Waals surface area (Å²) in [4.78, 5) is 11.6. The Labute approximate surface area is 122 Å². The molecule has 0 spiro atoms. The Balaban J connectivity index is 2.40. The minimum atomic E-state index is -0.964. The van der Waals surface area contributed by atoms with Gasteiger partial charge in [0.15, 0.2) is 5.82 Å². The third-order valence-corrected chi connectivity index (χ3v) is 3.31. The summed E-state index contributed by atoms with van der Waals surface area (Å²) in [5.74, 6) is -2.06. The maximum Gasteiger partial charge on any atom is 0.154 e. The van der Waals surface area contributed by atoms with E-state index in [9.17, 15) is 13.9 Å². The molecule has 0 atom stereocenters. The van der Waals surface area contributed by atoms with Gasteiger partial charge >= 0.3 is 0 Å². The van der Waals surface area contributed by atoms with E-state index in [1.807, 2.05) is 0 Å². The smallest absolute Gasteiger partial charge is 0.154 e. The topological polar surface area (TPSA) is 84.9 Å². The van der Waals surface area contributed by atoms with Crippen LogP contribution in [0.5, 0.6) is 5.75 Å². The zero-order valence-corrected chi connectivity index (χ0v) is 11.1. The number of halogens is 3. The fraction of sp³-hybridized carbons (Fsp3) is 0. The number of aromatic hydroxyl groups is 1. The lowest BCUT2D eigenvalue weighted by molar-refractivity contribution is 0.479. The molecule has 5 nitrogen and oxygen atoms in total. The molecular formula is C13H7ClF2N4O. The number of hydrogen-bond acceptors (Lipinski definition) is 5. The van der Waals surface area contributed by atoms with Crippen molar-refractivity contribution in [3.05, 3.63) is 41.3 Å². The van der Waals surface area contributed by atoms with E-state index in [0.29, 0.717) is 0 Å². The van der Waals surface area contributed by atoms with Gasteiger partial charge in [0.1, 0.15) is 34.3 Å². The van der Waals surface area contributed by atoms with E-state index in [1.54, 1.807) is 0 Å². The van der Waals surface area contributed by atoms with Gasteiger partial charge in [0.2, 0.25) is 0 Å². The predicted octanol–water partition coefficient (Wildman–Crippen LogP) is 2.91. The van der Waals surface area contributed by atoms with Gasteiger partial charge in [0.25, 0.3) is 0 Å². The van der Waals surface area contributed by atoms with Gasteiger partial charge in [-0.05, 0) is 12.1 Å². The van der Waals surface area contributed by atoms with Gasteiger partial charge in [-0.25, -0.2) is 23.7 Å². The molecule has 2 aromatic heterocycles. The average molecular weight is 309 g/mol. The zero-order chi connectivity index (χ0) is 15.1. The highest BCUT2D eigenvalue weighted by atomic mass is 35.5. The summed E-state index contributed by atoms with van der Waals surface area (Å²) >= 11 is 5.56. The Morgan fingerprint density at radius 3 is 2.67 bits per heavy atom. The molecule has 0 saturated carbocycles. The number of pyridine rings is 1. The maximum absolute atomic E-state index is 14.1. The second kappa shape index (κ2) is 4.78. The van der Waals surface area contributed by atoms with Crippen molar-refractivity contribution in [2.45, 2.75) is 0 Å². The summed E-state index contributed by atoms with van der Waals surface area (Å²) in [6, 6.07) is 2.21. The highest BCUT2D eigenvalue weighted by Crippen LogP contribution is 2.35. The Hall–Kier alpha value is -2.54. The van der Waals surface area contributed by atoms with E-state index in [1.165, 1.54) is 6.07 Å². The van der Waals surface area contributed by atoms with Crippen LogP contribution in [0.3, 0.4) is 0 Å². The molecule has 2 heterocycles. The van der Waals surface area contributed by atoms with Crippen molar-refractivity contribution in [2.75, 3.05) is 5.73 Å². The van der Waals surface area contributed by atoms with Crippen LogP contribution < -0.4 is 5.73 Å². The Kier molecular flexibility index (Phi) is 3.06. The van der Waals surface area contributed by atoms with Crippen molar-refractivity contribution < 1.29 is 13.9 Å². The monoisotopic (exact) mass is 308 g/mol. The summed E-state index contributed by atoms with van der Waals surface area (Å²) in [6.07, 6.45) is 2.25. The van der Waals surface area contributed by atoms with Crippen LogP contribution in [0.25, 0.3) is 22.2 Å². The van der Waals surface area contributed by atoms with E-state index < -0.39 is 16.7 Å². The molecule has 0 fully saturated rings. The van der Waals surface area contributed by atoms with Crippen molar-refractivity contribution >= 4 is 28.3 Å². The molecular weight excluding hydrogens is 302 g/mol. The minimum absolute atomic E-state index is 0.0229. The molecule has 0 aliphatic carbocycles. The van der Waals surface area contributed by atoms with Gasteiger partial charge in [0.05, 0.1) is 17.3 Å². The second-order valence-corrected chi connectivity index (χ2v) is 4.58. The van der Waals surface area contributed by atoms with Gasteiger partial charge in [-0.3, -0.25) is 0 Å². The molecule has 0 aliphatic heterocycles. The van der Waals surface area contributed by atoms with Crippen molar-refractivity contribution in [1.29, 1.82) is 0 Å². The van der Waals surface area contributed by atoms with Crippen molar-refractivity contribution in [2.24, 2.45) is 0 Å². The lowest BCUT2D eigenvalue weighted by Gasteiger charge is -2.09. The van der Waals surface area contributed by atoms with Crippen molar-refractivity contribution in [3.8, 4) is 17.0 Å². The zero-order valence-electron chi connectivity index (χ0n) is 10.3. The highest BCUT2D eigenvalue weighted by Gasteiger charge is 2.19. The molecule has 0 bridgehead atoms. The van der Waals surface area contributed by atoms with E-state index in [0.717, 1.165) is 18.6 Å². The lowest BCUT2D eigenvalue weighted by Crippen LogP contribution is -1.98. The number of nitrogens with zero attached hydrogens (tertiary/aromatic N) is 3. The number of nitrogens with two attached hydrogens (primary N) is 1. The van der Waals surface area contributed by atoms with Gasteiger partial charge in [-0.1, -0.05) is 11.6 Å². The molecule has 3 N–H and O–H groups in total. The van der Waals surface area contributed by atoms with Crippen LogP contribution in [0.2, 0.25) is 5.02 Å². The average Bonchev–Trinajstić information content (AvgIpc) is 2.46. The van der Waals surface area contributed by atoms with Crippen LogP contribution in [-0.4, -0.2) is 20.1 Å². The van der Waals surface area contributed by atoms with E-state index in [4.69, 9.17) is 17.3 Å². The Morgan fingerprint density at radius 2 is 1.90 bits per heavy atom. The maximum atomic E-state index is 14.1. The highest BCUT2D eigenvalue weighted by molar-refractivity contribution is 6.31. The number of fused-ring (bicyclic) bond motifs is 1. The third-order valence-electron chi connectivity index (χ3n) is 2.96. The predicted molar refractivity (Wildman–Crippen MR) is 73.8 cm³/mol. The van der Waals surface area contributed by atoms with Crippen molar-refractivity contribution in [3.63, 3.8) is 0 Å². The summed E-state index contributed by atoms with van der Waals surface area (Å²) in [7, 11) is 0. The molecule has 0 saturated heterocycles. The van der Waals surface area contributed by atoms with Gasteiger partial charge < -0.3 is 10.8 Å². The number of benzene rings is 1. The first kappa shape index (κ1) is 13.4. The number of nitrogen functional groups attached to an aromatic ring is 1. The fourth-order valence-corrected chi connectivity index (χ4v) is 2.15. The quantitative estimate of drug-likeness (QED) is 0.675. The normalized spacial score (nSPS) is 11.0. The molecule has 3 rings (SSSR count). The Morgan fingerprint density at radius 1 is 1.14 bits per heavy atom. The molecule has 0 amide bonds. The second-order valence-electron chi connectivity index (χ2n) is 4.20. The summed E-state index contributed by atoms with van der Waals surface area (Å²) < 4.78 is 27.4. The first-order valence-electron chi connectivity index (χ1n) is 5.72. The first-order valence-corrected chi connectivity index (χ1v) is 6.10. The molecule has 3 aromatic rings. The summed E-state index contributed by atoms with van der Waals surface area (Å²) in [6.45, 7) is 0. The number of aromatic nitrogens is 3. The number of hydrogen-bond donors (Lipinski definition) is 2. The molecule has 21 heavy (non-hydrogen) atoms. The van der Waals surface area contributed by atoms with Gasteiger partial charge in [0, 0.05) is 5.56 Å². The van der Waals surface area contributed by atoms with E-state index in [-0.39, 0.29) is 33.7 Å². The van der Waals surface area contributed by atoms with Crippen LogP contribution in [0, 0.1) is 11.6 Å². The fourth-order valence-electron chi connectivity index (χ4n) is 1.99. The van der Waals surface area contributed by atoms with Crippen LogP contribution in [0.1, 0.15) is 0 Å². The molecule has 0 aliphatic rings. The molecule has 1 aromatic carbocycles. The van der Waals surface area contributed by atoms with Crippen molar-refractivity contribution in [1.82, 2.24) is 15.0 Å². The van der Waals surface area contributed by atoms with E-state index in [2.05, 4.69) is 15.0 Å². The largest absolute Gasteiger partial charge is 0.505 e. The number of anilines is 1. The number of rotatable bonds is 1. The van der Waals surface area contributed by atoms with Gasteiger partial charge in [-0.15, -0.1) is 0 Å². The SMILES string of the molecule is Nc1ncnc2c(-c3ccc(F)c(Cl)c3F)ncc(O)c12. The van der Waals surface area contributed by atoms with Crippen LogP contribution in [0.4, 0.5) is 14.6 Å². The molecule has 0 radical (unpaired) electrons. The summed E-state index contributed by atoms with van der Waals surface area (Å²) in [5, 5.41) is 9.29. The first-order chi connectivity index (χ1) is 10.0. The van der Waals surface area contributed by atoms with Crippen LogP contribution in [0.15, 0.2) is 24.7 Å². The Bertz CT molecular complexity index is 864. The summed E-state index contributed by atoms with van der Waals surface area (Å²) in [5.41, 5.74) is 5.85. The molecule has 0 unspecified atom stereocenters. The molecule has 8 heteroatoms. The standard InChI is InChI=1S/C13H7ClF2N4O/c14-9-6(15)2-1-5(10(9)16)11-12-8(7(21)3-18-11)13(17)20-4-19-12/h1-4,21H,(H2,17,19,20). The minimum Gasteiger partial charge on any atom is -0.505 e. The molecule has 106 valence electrons. The van der Waals surface area contributed by atoms with Crippen LogP contribution >= 0.6 is 11.6 Å². The van der Waals surface area contributed by atoms with Gasteiger partial charge in [-0.2, -0.15) is 0 Å². The van der Waals surface area contributed by atoms with E-state index >= 15 is 0 Å². The van der Waals surface area contributed by atoms with Crippen LogP contribution in [-0.2, 0) is 0 Å². The third kappa shape index (κ3) is 2.02. The lowest BCUT2D eigenvalue weighted by atomic mass is 10.1.